The number of rotatable bonds is 10. The average Bonchev–Trinajstić information content (AvgIpc) is 3.42. The van der Waals surface area contributed by atoms with Crippen LogP contribution in [0.5, 0.6) is 5.88 Å². The number of hydrogen-bond donors (Lipinski definition) is 1. The van der Waals surface area contributed by atoms with Crippen LogP contribution in [-0.4, -0.2) is 94.3 Å². The van der Waals surface area contributed by atoms with E-state index in [2.05, 4.69) is 30.2 Å². The summed E-state index contributed by atoms with van der Waals surface area (Å²) in [7, 11) is -1.37. The van der Waals surface area contributed by atoms with Crippen LogP contribution in [0.15, 0.2) is 30.9 Å². The number of sulfonamides is 1. The summed E-state index contributed by atoms with van der Waals surface area (Å²) >= 11 is 0. The molecule has 0 radical (unpaired) electrons. The fourth-order valence-corrected chi connectivity index (χ4v) is 5.09. The third-order valence-electron chi connectivity index (χ3n) is 6.67. The molecule has 3 aromatic heterocycles. The first-order valence-electron chi connectivity index (χ1n) is 12.8. The van der Waals surface area contributed by atoms with Gasteiger partial charge >= 0.3 is 6.18 Å². The minimum Gasteiger partial charge on any atom is -0.476 e. The van der Waals surface area contributed by atoms with Gasteiger partial charge in [0.15, 0.2) is 5.69 Å². The zero-order valence-electron chi connectivity index (χ0n) is 22.8. The van der Waals surface area contributed by atoms with Gasteiger partial charge in [-0.1, -0.05) is 6.92 Å². The SMILES string of the molecule is CCN(C)CCOc1ccc(-n2cnc(-c3nc(NC4CCN(S(C)(=O)=O)CC4)ncc3C(F)(F)F)c2)c(C#N)n1. The van der Waals surface area contributed by atoms with Crippen LogP contribution in [0, 0.1) is 11.3 Å². The molecule has 0 atom stereocenters. The van der Waals surface area contributed by atoms with Gasteiger partial charge in [0.2, 0.25) is 21.9 Å². The van der Waals surface area contributed by atoms with Crippen molar-refractivity contribution in [2.75, 3.05) is 51.4 Å². The number of piperidine rings is 1. The van der Waals surface area contributed by atoms with Crippen molar-refractivity contribution >= 4 is 16.0 Å². The van der Waals surface area contributed by atoms with Crippen LogP contribution in [0.2, 0.25) is 0 Å². The summed E-state index contributed by atoms with van der Waals surface area (Å²) < 4.78 is 73.5. The second-order valence-corrected chi connectivity index (χ2v) is 11.6. The fraction of sp³-hybridized carbons (Fsp3) is 0.480. The Hall–Kier alpha value is -3.81. The predicted octanol–water partition coefficient (Wildman–Crippen LogP) is 2.78. The van der Waals surface area contributed by atoms with Crippen LogP contribution in [0.3, 0.4) is 0 Å². The minimum absolute atomic E-state index is 0.0109. The molecule has 0 aromatic carbocycles. The molecular formula is C25H30F3N9O3S. The van der Waals surface area contributed by atoms with Crippen molar-refractivity contribution in [2.24, 2.45) is 0 Å². The standard InChI is InChI=1S/C25H30F3N9O3S/c1-4-35(2)11-12-40-22-6-5-21(19(13-29)33-22)36-15-20(31-16-36)23-18(25(26,27)28)14-30-24(34-23)32-17-7-9-37(10-8-17)41(3,38)39/h5-6,14-17H,4,7-12H2,1-3H3,(H,30,32,34). The van der Waals surface area contributed by atoms with Crippen LogP contribution in [0.25, 0.3) is 17.1 Å². The lowest BCUT2D eigenvalue weighted by Crippen LogP contribution is -2.42. The molecule has 0 aliphatic carbocycles. The Morgan fingerprint density at radius 3 is 2.59 bits per heavy atom. The summed E-state index contributed by atoms with van der Waals surface area (Å²) in [5.74, 6) is 0.221. The number of nitriles is 1. The number of aromatic nitrogens is 5. The second-order valence-electron chi connectivity index (χ2n) is 9.57. The van der Waals surface area contributed by atoms with Gasteiger partial charge in [-0.25, -0.2) is 32.7 Å². The van der Waals surface area contributed by atoms with Crippen LogP contribution in [-0.2, 0) is 16.2 Å². The number of alkyl halides is 3. The van der Waals surface area contributed by atoms with Gasteiger partial charge in [0.25, 0.3) is 0 Å². The molecule has 0 unspecified atom stereocenters. The second kappa shape index (κ2) is 12.4. The first-order chi connectivity index (χ1) is 19.4. The van der Waals surface area contributed by atoms with E-state index in [9.17, 15) is 26.9 Å². The van der Waals surface area contributed by atoms with E-state index in [0.717, 1.165) is 12.8 Å². The van der Waals surface area contributed by atoms with Gasteiger partial charge in [-0.2, -0.15) is 18.4 Å². The molecule has 1 fully saturated rings. The van der Waals surface area contributed by atoms with Gasteiger partial charge in [-0.3, -0.25) is 0 Å². The van der Waals surface area contributed by atoms with E-state index in [-0.39, 0.29) is 42.3 Å². The average molecular weight is 594 g/mol. The summed E-state index contributed by atoms with van der Waals surface area (Å²) in [6, 6.07) is 4.92. The van der Waals surface area contributed by atoms with Gasteiger partial charge in [-0.15, -0.1) is 0 Å². The van der Waals surface area contributed by atoms with Gasteiger partial charge in [0.1, 0.15) is 36.0 Å². The highest BCUT2D eigenvalue weighted by molar-refractivity contribution is 7.88. The zero-order valence-corrected chi connectivity index (χ0v) is 23.6. The van der Waals surface area contributed by atoms with Crippen LogP contribution < -0.4 is 10.1 Å². The normalized spacial score (nSPS) is 15.2. The number of nitrogens with zero attached hydrogens (tertiary/aromatic N) is 8. The van der Waals surface area contributed by atoms with Crippen molar-refractivity contribution in [1.29, 1.82) is 5.26 Å². The fourth-order valence-electron chi connectivity index (χ4n) is 4.21. The molecule has 12 nitrogen and oxygen atoms in total. The maximum absolute atomic E-state index is 13.9. The molecule has 3 aromatic rings. The molecule has 0 bridgehead atoms. The summed E-state index contributed by atoms with van der Waals surface area (Å²) in [4.78, 5) is 18.4. The molecule has 41 heavy (non-hydrogen) atoms. The topological polar surface area (TPSA) is 142 Å². The van der Waals surface area contributed by atoms with Crippen LogP contribution in [0.1, 0.15) is 31.0 Å². The third kappa shape index (κ3) is 7.48. The van der Waals surface area contributed by atoms with E-state index in [1.54, 1.807) is 12.1 Å². The quantitative estimate of drug-likeness (QED) is 0.373. The van der Waals surface area contributed by atoms with E-state index < -0.39 is 27.5 Å². The molecule has 0 saturated carbocycles. The highest BCUT2D eigenvalue weighted by Crippen LogP contribution is 2.36. The number of halogens is 3. The largest absolute Gasteiger partial charge is 0.476 e. The van der Waals surface area contributed by atoms with Gasteiger partial charge < -0.3 is 19.5 Å². The Morgan fingerprint density at radius 2 is 1.95 bits per heavy atom. The molecule has 4 rings (SSSR count). The zero-order chi connectivity index (χ0) is 29.8. The number of pyridine rings is 1. The Balaban J connectivity index is 1.57. The monoisotopic (exact) mass is 593 g/mol. The Labute approximate surface area is 235 Å². The molecule has 1 aliphatic heterocycles. The molecule has 220 valence electrons. The molecule has 4 heterocycles. The maximum atomic E-state index is 13.9. The lowest BCUT2D eigenvalue weighted by Gasteiger charge is -2.30. The van der Waals surface area contributed by atoms with Crippen LogP contribution >= 0.6 is 0 Å². The number of hydrogen-bond acceptors (Lipinski definition) is 10. The first-order valence-corrected chi connectivity index (χ1v) is 14.7. The number of anilines is 1. The Bertz CT molecular complexity index is 1510. The molecule has 0 amide bonds. The van der Waals surface area contributed by atoms with Gasteiger partial charge in [0, 0.05) is 44.1 Å². The number of likely N-dealkylation sites (N-methyl/N-ethyl adjacent to an activating group) is 1. The Kier molecular flexibility index (Phi) is 9.10. The lowest BCUT2D eigenvalue weighted by atomic mass is 10.1. The van der Waals surface area contributed by atoms with Crippen molar-refractivity contribution < 1.29 is 26.3 Å². The van der Waals surface area contributed by atoms with E-state index in [1.807, 2.05) is 20.0 Å². The number of imidazole rings is 1. The lowest BCUT2D eigenvalue weighted by molar-refractivity contribution is -0.137. The highest BCUT2D eigenvalue weighted by Gasteiger charge is 2.36. The summed E-state index contributed by atoms with van der Waals surface area (Å²) in [6.07, 6.45) is 0.584. The van der Waals surface area contributed by atoms with Crippen molar-refractivity contribution in [3.8, 4) is 29.0 Å². The smallest absolute Gasteiger partial charge is 0.420 e. The van der Waals surface area contributed by atoms with Crippen molar-refractivity contribution in [3.63, 3.8) is 0 Å². The molecule has 0 spiro atoms. The van der Waals surface area contributed by atoms with E-state index in [4.69, 9.17) is 4.74 Å². The molecule has 1 saturated heterocycles. The van der Waals surface area contributed by atoms with E-state index >= 15 is 0 Å². The maximum Gasteiger partial charge on any atom is 0.420 e. The predicted molar refractivity (Wildman–Crippen MR) is 144 cm³/mol. The summed E-state index contributed by atoms with van der Waals surface area (Å²) in [6.45, 7) is 4.48. The third-order valence-corrected chi connectivity index (χ3v) is 7.97. The summed E-state index contributed by atoms with van der Waals surface area (Å²) in [5, 5.41) is 12.7. The van der Waals surface area contributed by atoms with Gasteiger partial charge in [0.05, 0.1) is 11.9 Å². The van der Waals surface area contributed by atoms with Gasteiger partial charge in [-0.05, 0) is 32.5 Å². The number of nitrogens with one attached hydrogen (secondary N) is 1. The van der Waals surface area contributed by atoms with Crippen molar-refractivity contribution in [3.05, 3.63) is 42.1 Å². The van der Waals surface area contributed by atoms with E-state index in [1.165, 1.54) is 21.4 Å². The van der Waals surface area contributed by atoms with Crippen molar-refractivity contribution in [1.82, 2.24) is 33.7 Å². The van der Waals surface area contributed by atoms with Crippen molar-refractivity contribution in [2.45, 2.75) is 32.0 Å². The number of ether oxygens (including phenoxy) is 1. The summed E-state index contributed by atoms with van der Waals surface area (Å²) in [5.41, 5.74) is -1.27. The van der Waals surface area contributed by atoms with Crippen LogP contribution in [0.4, 0.5) is 19.1 Å². The highest BCUT2D eigenvalue weighted by atomic mass is 32.2. The molecule has 1 aliphatic rings. The molecule has 1 N–H and O–H groups in total. The Morgan fingerprint density at radius 1 is 1.22 bits per heavy atom. The molecular weight excluding hydrogens is 563 g/mol. The van der Waals surface area contributed by atoms with E-state index in [0.29, 0.717) is 37.9 Å². The first kappa shape index (κ1) is 30.2. The molecule has 16 heteroatoms. The minimum atomic E-state index is -4.75.